The quantitative estimate of drug-likeness (QED) is 0.765. The predicted molar refractivity (Wildman–Crippen MR) is 106 cm³/mol. The summed E-state index contributed by atoms with van der Waals surface area (Å²) in [7, 11) is 0. The predicted octanol–water partition coefficient (Wildman–Crippen LogP) is 2.17. The number of nitrogens with one attached hydrogen (secondary N) is 1. The van der Waals surface area contributed by atoms with Crippen LogP contribution in [0.25, 0.3) is 0 Å². The molecule has 1 aromatic carbocycles. The highest BCUT2D eigenvalue weighted by Gasteiger charge is 2.22. The van der Waals surface area contributed by atoms with Crippen molar-refractivity contribution in [3.63, 3.8) is 0 Å². The first kappa shape index (κ1) is 19.8. The second-order valence-corrected chi connectivity index (χ2v) is 6.42. The summed E-state index contributed by atoms with van der Waals surface area (Å²) in [5.41, 5.74) is 1.30. The van der Waals surface area contributed by atoms with E-state index in [1.807, 2.05) is 6.07 Å². The van der Waals surface area contributed by atoms with Crippen molar-refractivity contribution in [1.82, 2.24) is 20.0 Å². The van der Waals surface area contributed by atoms with Crippen molar-refractivity contribution in [3.05, 3.63) is 47.7 Å². The number of hydrogen-bond acceptors (Lipinski definition) is 7. The average molecular weight is 383 g/mol. The number of ether oxygens (including phenoxy) is 1. The Bertz CT molecular complexity index is 817. The monoisotopic (exact) mass is 383 g/mol. The van der Waals surface area contributed by atoms with Crippen LogP contribution in [0.3, 0.4) is 0 Å². The summed E-state index contributed by atoms with van der Waals surface area (Å²) in [5.74, 6) is -0.0672. The molecule has 1 aliphatic heterocycles. The first-order chi connectivity index (χ1) is 13.6. The first-order valence-electron chi connectivity index (χ1n) is 9.51. The van der Waals surface area contributed by atoms with Crippen LogP contribution < -0.4 is 5.32 Å². The minimum atomic E-state index is -0.406. The van der Waals surface area contributed by atoms with Crippen LogP contribution >= 0.6 is 0 Å². The number of carbonyl (C=O) groups excluding carboxylic acids is 2. The van der Waals surface area contributed by atoms with Gasteiger partial charge < -0.3 is 19.9 Å². The Hall–Kier alpha value is -3.00. The fourth-order valence-electron chi connectivity index (χ4n) is 3.06. The lowest BCUT2D eigenvalue weighted by molar-refractivity contribution is 0.0527. The van der Waals surface area contributed by atoms with Gasteiger partial charge in [-0.25, -0.2) is 4.79 Å². The van der Waals surface area contributed by atoms with Crippen molar-refractivity contribution < 1.29 is 14.3 Å². The Morgan fingerprint density at radius 1 is 1.04 bits per heavy atom. The summed E-state index contributed by atoms with van der Waals surface area (Å²) < 4.78 is 5.07. The smallest absolute Gasteiger partial charge is 0.340 e. The number of para-hydroxylation sites is 1. The van der Waals surface area contributed by atoms with Gasteiger partial charge in [0.05, 0.1) is 17.9 Å². The van der Waals surface area contributed by atoms with E-state index in [0.717, 1.165) is 19.6 Å². The van der Waals surface area contributed by atoms with Crippen LogP contribution in [0.15, 0.2) is 36.4 Å². The lowest BCUT2D eigenvalue weighted by atomic mass is 10.2. The maximum atomic E-state index is 12.6. The van der Waals surface area contributed by atoms with Crippen molar-refractivity contribution in [3.8, 4) is 0 Å². The van der Waals surface area contributed by atoms with Crippen LogP contribution in [0.4, 0.5) is 11.5 Å². The van der Waals surface area contributed by atoms with Gasteiger partial charge in [0.2, 0.25) is 0 Å². The normalized spacial score (nSPS) is 14.6. The van der Waals surface area contributed by atoms with Crippen molar-refractivity contribution in [2.45, 2.75) is 13.8 Å². The molecule has 148 valence electrons. The van der Waals surface area contributed by atoms with Crippen LogP contribution in [-0.4, -0.2) is 71.2 Å². The van der Waals surface area contributed by atoms with Crippen LogP contribution in [0, 0.1) is 0 Å². The fourth-order valence-corrected chi connectivity index (χ4v) is 3.06. The van der Waals surface area contributed by atoms with E-state index in [0.29, 0.717) is 42.5 Å². The zero-order valence-electron chi connectivity index (χ0n) is 16.2. The lowest BCUT2D eigenvalue weighted by Gasteiger charge is -2.33. The number of likely N-dealkylation sites (N-methyl/N-ethyl adjacent to an activating group) is 1. The van der Waals surface area contributed by atoms with E-state index in [9.17, 15) is 9.59 Å². The molecule has 3 rings (SSSR count). The summed E-state index contributed by atoms with van der Waals surface area (Å²) in [6, 6.07) is 10.4. The molecule has 0 radical (unpaired) electrons. The van der Waals surface area contributed by atoms with Crippen molar-refractivity contribution in [2.75, 3.05) is 44.6 Å². The van der Waals surface area contributed by atoms with E-state index in [1.165, 1.54) is 0 Å². The van der Waals surface area contributed by atoms with Crippen LogP contribution in [0.1, 0.15) is 34.7 Å². The van der Waals surface area contributed by atoms with E-state index < -0.39 is 5.97 Å². The van der Waals surface area contributed by atoms with E-state index in [2.05, 4.69) is 27.3 Å². The highest BCUT2D eigenvalue weighted by molar-refractivity contribution is 5.96. The van der Waals surface area contributed by atoms with Gasteiger partial charge in [-0.1, -0.05) is 19.1 Å². The summed E-state index contributed by atoms with van der Waals surface area (Å²) in [5, 5.41) is 11.2. The standard InChI is InChI=1S/C20H25N5O3/c1-3-24-11-13-25(14-12-24)19(26)17-9-10-18(23-22-17)21-16-8-6-5-7-15(16)20(27)28-4-2/h5-10H,3-4,11-14H2,1-2H3,(H,21,23). The third kappa shape index (κ3) is 4.64. The zero-order chi connectivity index (χ0) is 19.9. The van der Waals surface area contributed by atoms with Gasteiger partial charge in [-0.3, -0.25) is 4.79 Å². The maximum Gasteiger partial charge on any atom is 0.340 e. The number of esters is 1. The van der Waals surface area contributed by atoms with Crippen LogP contribution in [-0.2, 0) is 4.74 Å². The van der Waals surface area contributed by atoms with Gasteiger partial charge in [-0.15, -0.1) is 10.2 Å². The SMILES string of the molecule is CCOC(=O)c1ccccc1Nc1ccc(C(=O)N2CCN(CC)CC2)nn1. The largest absolute Gasteiger partial charge is 0.462 e. The average Bonchev–Trinajstić information content (AvgIpc) is 2.74. The summed E-state index contributed by atoms with van der Waals surface area (Å²) in [6.45, 7) is 8.32. The number of benzene rings is 1. The molecule has 1 N–H and O–H groups in total. The van der Waals surface area contributed by atoms with Gasteiger partial charge >= 0.3 is 5.97 Å². The van der Waals surface area contributed by atoms with Crippen LogP contribution in [0.2, 0.25) is 0 Å². The number of rotatable bonds is 6. The minimum Gasteiger partial charge on any atom is -0.462 e. The Balaban J connectivity index is 1.67. The summed E-state index contributed by atoms with van der Waals surface area (Å²) in [4.78, 5) is 28.8. The molecule has 0 aliphatic carbocycles. The zero-order valence-corrected chi connectivity index (χ0v) is 16.2. The van der Waals surface area contributed by atoms with E-state index in [1.54, 1.807) is 42.2 Å². The molecule has 0 bridgehead atoms. The van der Waals surface area contributed by atoms with Gasteiger partial charge in [-0.05, 0) is 37.7 Å². The van der Waals surface area contributed by atoms with Crippen molar-refractivity contribution >= 4 is 23.4 Å². The van der Waals surface area contributed by atoms with Crippen molar-refractivity contribution in [2.24, 2.45) is 0 Å². The Morgan fingerprint density at radius 3 is 2.43 bits per heavy atom. The topological polar surface area (TPSA) is 87.7 Å². The fraction of sp³-hybridized carbons (Fsp3) is 0.400. The number of piperazine rings is 1. The number of carbonyl (C=O) groups is 2. The molecule has 2 heterocycles. The van der Waals surface area contributed by atoms with Gasteiger partial charge in [0.25, 0.3) is 5.91 Å². The van der Waals surface area contributed by atoms with Gasteiger partial charge in [0.15, 0.2) is 11.5 Å². The third-order valence-electron chi connectivity index (χ3n) is 4.68. The van der Waals surface area contributed by atoms with Gasteiger partial charge in [0, 0.05) is 26.2 Å². The molecule has 0 atom stereocenters. The minimum absolute atomic E-state index is 0.110. The molecule has 28 heavy (non-hydrogen) atoms. The number of amides is 1. The second-order valence-electron chi connectivity index (χ2n) is 6.42. The number of nitrogens with zero attached hydrogens (tertiary/aromatic N) is 4. The molecule has 1 saturated heterocycles. The molecular weight excluding hydrogens is 358 g/mol. The number of hydrogen-bond donors (Lipinski definition) is 1. The molecule has 0 spiro atoms. The molecule has 8 nitrogen and oxygen atoms in total. The second kappa shape index (κ2) is 9.27. The molecular formula is C20H25N5O3. The molecule has 1 amide bonds. The molecule has 0 saturated carbocycles. The van der Waals surface area contributed by atoms with E-state index >= 15 is 0 Å². The van der Waals surface area contributed by atoms with E-state index in [4.69, 9.17) is 4.74 Å². The Kier molecular flexibility index (Phi) is 6.54. The third-order valence-corrected chi connectivity index (χ3v) is 4.68. The Morgan fingerprint density at radius 2 is 1.79 bits per heavy atom. The van der Waals surface area contributed by atoms with Gasteiger partial charge in [0.1, 0.15) is 0 Å². The first-order valence-corrected chi connectivity index (χ1v) is 9.51. The Labute approximate surface area is 164 Å². The molecule has 2 aromatic rings. The lowest BCUT2D eigenvalue weighted by Crippen LogP contribution is -2.48. The van der Waals surface area contributed by atoms with E-state index in [-0.39, 0.29) is 5.91 Å². The molecule has 1 aliphatic rings. The number of aromatic nitrogens is 2. The summed E-state index contributed by atoms with van der Waals surface area (Å²) in [6.07, 6.45) is 0. The molecule has 0 unspecified atom stereocenters. The highest BCUT2D eigenvalue weighted by Crippen LogP contribution is 2.20. The van der Waals surface area contributed by atoms with Crippen molar-refractivity contribution in [1.29, 1.82) is 0 Å². The molecule has 8 heteroatoms. The number of anilines is 2. The summed E-state index contributed by atoms with van der Waals surface area (Å²) >= 11 is 0. The highest BCUT2D eigenvalue weighted by atomic mass is 16.5. The molecule has 1 fully saturated rings. The van der Waals surface area contributed by atoms with Crippen LogP contribution in [0.5, 0.6) is 0 Å². The maximum absolute atomic E-state index is 12.6. The van der Waals surface area contributed by atoms with Gasteiger partial charge in [-0.2, -0.15) is 0 Å². The molecule has 1 aromatic heterocycles.